The van der Waals surface area contributed by atoms with Crippen molar-refractivity contribution in [3.63, 3.8) is 0 Å². The van der Waals surface area contributed by atoms with Gasteiger partial charge in [0.15, 0.2) is 5.65 Å². The van der Waals surface area contributed by atoms with Gasteiger partial charge in [0.1, 0.15) is 5.69 Å². The average molecular weight is 525 g/mol. The first-order valence-electron chi connectivity index (χ1n) is 13.5. The van der Waals surface area contributed by atoms with E-state index in [0.29, 0.717) is 23.7 Å². The third-order valence-corrected chi connectivity index (χ3v) is 7.59. The summed E-state index contributed by atoms with van der Waals surface area (Å²) in [5, 5.41) is 10.7. The summed E-state index contributed by atoms with van der Waals surface area (Å²) in [6.07, 6.45) is 8.55. The zero-order chi connectivity index (χ0) is 26.9. The van der Waals surface area contributed by atoms with Crippen molar-refractivity contribution in [3.05, 3.63) is 59.3 Å². The maximum atomic E-state index is 14.0. The van der Waals surface area contributed by atoms with Crippen LogP contribution in [0.1, 0.15) is 97.7 Å². The molecular formula is C28H34F2N6O2. The normalized spacial score (nSPS) is 19.2. The van der Waals surface area contributed by atoms with E-state index in [0.717, 1.165) is 30.4 Å². The highest BCUT2D eigenvalue weighted by Gasteiger charge is 2.39. The Morgan fingerprint density at radius 1 is 1.11 bits per heavy atom. The quantitative estimate of drug-likeness (QED) is 0.406. The predicted molar refractivity (Wildman–Crippen MR) is 138 cm³/mol. The van der Waals surface area contributed by atoms with Crippen LogP contribution in [0.15, 0.2) is 36.8 Å². The molecule has 3 aromatic heterocycles. The van der Waals surface area contributed by atoms with Gasteiger partial charge in [0.05, 0.1) is 30.2 Å². The van der Waals surface area contributed by atoms with E-state index >= 15 is 0 Å². The number of carbonyl (C=O) groups excluding carboxylic acids is 2. The number of nitrogens with one attached hydrogen (secondary N) is 2. The largest absolute Gasteiger partial charge is 0.349 e. The highest BCUT2D eigenvalue weighted by atomic mass is 19.3. The van der Waals surface area contributed by atoms with Crippen molar-refractivity contribution < 1.29 is 18.4 Å². The van der Waals surface area contributed by atoms with Crippen molar-refractivity contribution >= 4 is 17.5 Å². The van der Waals surface area contributed by atoms with Crippen LogP contribution in [0.25, 0.3) is 5.65 Å². The maximum Gasteiger partial charge on any atom is 0.270 e. The van der Waals surface area contributed by atoms with Gasteiger partial charge in [0.25, 0.3) is 5.91 Å². The van der Waals surface area contributed by atoms with E-state index in [9.17, 15) is 18.4 Å². The second-order valence-electron chi connectivity index (χ2n) is 10.8. The van der Waals surface area contributed by atoms with Gasteiger partial charge in [-0.2, -0.15) is 5.10 Å². The molecule has 8 nitrogen and oxygen atoms in total. The van der Waals surface area contributed by atoms with Crippen LogP contribution in [-0.4, -0.2) is 37.3 Å². The van der Waals surface area contributed by atoms with Crippen LogP contribution in [0.4, 0.5) is 8.78 Å². The van der Waals surface area contributed by atoms with E-state index in [1.54, 1.807) is 29.2 Å². The SMILES string of the molecule is CCCC(=O)N[C@@H](c1cnn2cc([C@@H](NC(=O)c3cc(C)ccn3)C3CCC(F)(F)CC3)nc2c1)C1CC1. The Kier molecular flexibility index (Phi) is 7.40. The number of amides is 2. The van der Waals surface area contributed by atoms with E-state index in [-0.39, 0.29) is 55.2 Å². The summed E-state index contributed by atoms with van der Waals surface area (Å²) in [7, 11) is 0. The van der Waals surface area contributed by atoms with Gasteiger partial charge in [-0.05, 0) is 80.2 Å². The molecule has 3 aromatic rings. The van der Waals surface area contributed by atoms with Crippen molar-refractivity contribution in [3.8, 4) is 0 Å². The van der Waals surface area contributed by atoms with E-state index in [4.69, 9.17) is 4.98 Å². The average Bonchev–Trinajstić information content (AvgIpc) is 3.64. The monoisotopic (exact) mass is 524 g/mol. The number of halogens is 2. The lowest BCUT2D eigenvalue weighted by molar-refractivity contribution is -0.122. The van der Waals surface area contributed by atoms with Gasteiger partial charge in [0, 0.05) is 25.5 Å². The second-order valence-corrected chi connectivity index (χ2v) is 10.8. The standard InChI is InChI=1S/C28H34F2N6O2/c1-3-4-24(37)34-25(18-5-6-18)20-14-23-33-22(16-36(23)32-15-20)26(19-7-10-28(29,30)11-8-19)35-27(38)21-13-17(2)9-12-31-21/h9,12-16,18-19,25-26H,3-8,10-11H2,1-2H3,(H,34,37)(H,35,38)/t25-,26+/m1/s1. The first kappa shape index (κ1) is 26.2. The van der Waals surface area contributed by atoms with Crippen LogP contribution in [-0.2, 0) is 4.79 Å². The Hall–Kier alpha value is -3.43. The third kappa shape index (κ3) is 6.00. The maximum absolute atomic E-state index is 14.0. The van der Waals surface area contributed by atoms with Crippen LogP contribution in [0, 0.1) is 18.8 Å². The summed E-state index contributed by atoms with van der Waals surface area (Å²) in [6, 6.07) is 4.75. The zero-order valence-corrected chi connectivity index (χ0v) is 21.8. The fourth-order valence-corrected chi connectivity index (χ4v) is 5.31. The number of rotatable bonds is 9. The summed E-state index contributed by atoms with van der Waals surface area (Å²) in [4.78, 5) is 34.4. The number of aromatic nitrogens is 4. The van der Waals surface area contributed by atoms with Crippen molar-refractivity contribution in [1.82, 2.24) is 30.2 Å². The molecule has 2 amide bonds. The van der Waals surface area contributed by atoms with Crippen molar-refractivity contribution in [2.45, 2.75) is 83.2 Å². The van der Waals surface area contributed by atoms with E-state index < -0.39 is 12.0 Å². The molecule has 2 aliphatic carbocycles. The van der Waals surface area contributed by atoms with Crippen molar-refractivity contribution in [2.24, 2.45) is 11.8 Å². The highest BCUT2D eigenvalue weighted by Crippen LogP contribution is 2.42. The van der Waals surface area contributed by atoms with Crippen molar-refractivity contribution in [2.75, 3.05) is 0 Å². The Morgan fingerprint density at radius 3 is 2.53 bits per heavy atom. The molecule has 2 aliphatic rings. The number of imidazole rings is 1. The summed E-state index contributed by atoms with van der Waals surface area (Å²) < 4.78 is 29.5. The highest BCUT2D eigenvalue weighted by molar-refractivity contribution is 5.92. The number of aryl methyl sites for hydroxylation is 1. The zero-order valence-electron chi connectivity index (χ0n) is 21.8. The molecular weight excluding hydrogens is 490 g/mol. The van der Waals surface area contributed by atoms with Crippen LogP contribution < -0.4 is 10.6 Å². The van der Waals surface area contributed by atoms with Gasteiger partial charge in [0.2, 0.25) is 11.8 Å². The summed E-state index contributed by atoms with van der Waals surface area (Å²) in [5.74, 6) is -2.84. The Labute approximate surface area is 220 Å². The fourth-order valence-electron chi connectivity index (χ4n) is 5.31. The molecule has 3 heterocycles. The molecule has 2 fully saturated rings. The lowest BCUT2D eigenvalue weighted by Crippen LogP contribution is -2.37. The number of pyridine rings is 1. The molecule has 0 spiro atoms. The van der Waals surface area contributed by atoms with Gasteiger partial charge in [-0.3, -0.25) is 14.6 Å². The lowest BCUT2D eigenvalue weighted by Gasteiger charge is -2.33. The van der Waals surface area contributed by atoms with Gasteiger partial charge >= 0.3 is 0 Å². The fraction of sp³-hybridized carbons (Fsp3) is 0.536. The molecule has 0 radical (unpaired) electrons. The van der Waals surface area contributed by atoms with Crippen LogP contribution in [0.3, 0.4) is 0 Å². The van der Waals surface area contributed by atoms with E-state index in [1.165, 1.54) is 0 Å². The molecule has 38 heavy (non-hydrogen) atoms. The molecule has 0 bridgehead atoms. The molecule has 2 saturated carbocycles. The molecule has 202 valence electrons. The number of hydrogen-bond donors (Lipinski definition) is 2. The smallest absolute Gasteiger partial charge is 0.270 e. The topological polar surface area (TPSA) is 101 Å². The Morgan fingerprint density at radius 2 is 1.84 bits per heavy atom. The summed E-state index contributed by atoms with van der Waals surface area (Å²) in [5.41, 5.74) is 3.23. The van der Waals surface area contributed by atoms with Crippen LogP contribution in [0.2, 0.25) is 0 Å². The molecule has 5 rings (SSSR count). The molecule has 0 saturated heterocycles. The minimum absolute atomic E-state index is 0.0231. The van der Waals surface area contributed by atoms with Gasteiger partial charge in [-0.1, -0.05) is 6.92 Å². The first-order valence-corrected chi connectivity index (χ1v) is 13.5. The molecule has 0 aromatic carbocycles. The Bertz CT molecular complexity index is 1310. The number of fused-ring (bicyclic) bond motifs is 1. The van der Waals surface area contributed by atoms with E-state index in [2.05, 4.69) is 20.7 Å². The Balaban J connectivity index is 1.43. The molecule has 0 aliphatic heterocycles. The first-order chi connectivity index (χ1) is 18.2. The van der Waals surface area contributed by atoms with E-state index in [1.807, 2.05) is 26.0 Å². The van der Waals surface area contributed by atoms with Gasteiger partial charge < -0.3 is 10.6 Å². The van der Waals surface area contributed by atoms with Gasteiger partial charge in [-0.15, -0.1) is 0 Å². The molecule has 10 heteroatoms. The number of carbonyl (C=O) groups is 2. The third-order valence-electron chi connectivity index (χ3n) is 7.59. The van der Waals surface area contributed by atoms with Gasteiger partial charge in [-0.25, -0.2) is 18.3 Å². The minimum atomic E-state index is -2.68. The van der Waals surface area contributed by atoms with Crippen LogP contribution in [0.5, 0.6) is 0 Å². The molecule has 2 atom stereocenters. The second kappa shape index (κ2) is 10.7. The number of hydrogen-bond acceptors (Lipinski definition) is 5. The summed E-state index contributed by atoms with van der Waals surface area (Å²) in [6.45, 7) is 3.85. The number of alkyl halides is 2. The van der Waals surface area contributed by atoms with Crippen LogP contribution >= 0.6 is 0 Å². The predicted octanol–water partition coefficient (Wildman–Crippen LogP) is 5.10. The number of nitrogens with zero attached hydrogens (tertiary/aromatic N) is 4. The molecule has 2 N–H and O–H groups in total. The van der Waals surface area contributed by atoms with Crippen molar-refractivity contribution in [1.29, 1.82) is 0 Å². The molecule has 0 unspecified atom stereocenters. The minimum Gasteiger partial charge on any atom is -0.349 e. The lowest BCUT2D eigenvalue weighted by atomic mass is 9.81. The summed E-state index contributed by atoms with van der Waals surface area (Å²) >= 11 is 0.